The van der Waals surface area contributed by atoms with Crippen molar-refractivity contribution in [2.24, 2.45) is 0 Å². The molecule has 124 valence electrons. The molecule has 1 aliphatic rings. The van der Waals surface area contributed by atoms with E-state index in [1.807, 2.05) is 6.07 Å². The molecule has 24 heavy (non-hydrogen) atoms. The van der Waals surface area contributed by atoms with Crippen molar-refractivity contribution in [3.63, 3.8) is 0 Å². The van der Waals surface area contributed by atoms with Crippen LogP contribution in [0.25, 0.3) is 11.4 Å². The molecule has 0 saturated heterocycles. The Balaban J connectivity index is 1.60. The van der Waals surface area contributed by atoms with E-state index in [4.69, 9.17) is 4.52 Å². The van der Waals surface area contributed by atoms with Gasteiger partial charge in [0.25, 0.3) is 5.91 Å². The average Bonchev–Trinajstić information content (AvgIpc) is 3.35. The summed E-state index contributed by atoms with van der Waals surface area (Å²) in [5.41, 5.74) is 1.23. The van der Waals surface area contributed by atoms with Gasteiger partial charge in [0.15, 0.2) is 0 Å². The lowest BCUT2D eigenvalue weighted by Gasteiger charge is -2.06. The van der Waals surface area contributed by atoms with Crippen LogP contribution >= 0.6 is 0 Å². The molecule has 3 rings (SSSR count). The molecule has 0 unspecified atom stereocenters. The van der Waals surface area contributed by atoms with E-state index in [0.717, 1.165) is 18.4 Å². The molecule has 0 radical (unpaired) electrons. The zero-order valence-electron chi connectivity index (χ0n) is 13.1. The SMILES string of the molecule is C=CC(=O)NCCNC(=O)c1cccc(-c2noc(C3CC3)n2)c1. The first-order valence-corrected chi connectivity index (χ1v) is 7.80. The highest BCUT2D eigenvalue weighted by Gasteiger charge is 2.29. The summed E-state index contributed by atoms with van der Waals surface area (Å²) in [6.45, 7) is 4.03. The van der Waals surface area contributed by atoms with E-state index in [1.54, 1.807) is 18.2 Å². The Morgan fingerprint density at radius 1 is 1.29 bits per heavy atom. The predicted octanol–water partition coefficient (Wildman–Crippen LogP) is 1.65. The van der Waals surface area contributed by atoms with Gasteiger partial charge in [0, 0.05) is 30.1 Å². The minimum atomic E-state index is -0.269. The summed E-state index contributed by atoms with van der Waals surface area (Å²) in [7, 11) is 0. The van der Waals surface area contributed by atoms with E-state index >= 15 is 0 Å². The van der Waals surface area contributed by atoms with Crippen molar-refractivity contribution in [2.45, 2.75) is 18.8 Å². The van der Waals surface area contributed by atoms with Crippen LogP contribution in [0.15, 0.2) is 41.4 Å². The van der Waals surface area contributed by atoms with Crippen LogP contribution in [0.4, 0.5) is 0 Å². The quantitative estimate of drug-likeness (QED) is 0.595. The second-order valence-corrected chi connectivity index (χ2v) is 5.56. The number of carbonyl (C=O) groups is 2. The second kappa shape index (κ2) is 7.08. The number of hydrogen-bond acceptors (Lipinski definition) is 5. The largest absolute Gasteiger partial charge is 0.351 e. The molecular formula is C17H18N4O3. The minimum absolute atomic E-state index is 0.226. The van der Waals surface area contributed by atoms with Crippen LogP contribution in [0.3, 0.4) is 0 Å². The van der Waals surface area contributed by atoms with Crippen LogP contribution in [0.1, 0.15) is 35.0 Å². The van der Waals surface area contributed by atoms with Gasteiger partial charge in [0.2, 0.25) is 17.6 Å². The lowest BCUT2D eigenvalue weighted by atomic mass is 10.1. The molecule has 2 N–H and O–H groups in total. The number of carbonyl (C=O) groups excluding carboxylic acids is 2. The standard InChI is InChI=1S/C17H18N4O3/c1-2-14(22)18-8-9-19-16(23)13-5-3-4-12(10-13)15-20-17(24-21-15)11-6-7-11/h2-5,10-11H,1,6-9H2,(H,18,22)(H,19,23). The number of aromatic nitrogens is 2. The maximum Gasteiger partial charge on any atom is 0.251 e. The van der Waals surface area contributed by atoms with E-state index in [2.05, 4.69) is 27.4 Å². The van der Waals surface area contributed by atoms with Gasteiger partial charge in [-0.2, -0.15) is 4.98 Å². The lowest BCUT2D eigenvalue weighted by Crippen LogP contribution is -2.33. The molecule has 1 saturated carbocycles. The van der Waals surface area contributed by atoms with E-state index in [-0.39, 0.29) is 11.8 Å². The molecule has 7 nitrogen and oxygen atoms in total. The third-order valence-electron chi connectivity index (χ3n) is 3.65. The van der Waals surface area contributed by atoms with Gasteiger partial charge in [0.1, 0.15) is 0 Å². The van der Waals surface area contributed by atoms with Gasteiger partial charge in [-0.05, 0) is 31.1 Å². The van der Waals surface area contributed by atoms with E-state index in [1.165, 1.54) is 6.08 Å². The summed E-state index contributed by atoms with van der Waals surface area (Å²) in [5.74, 6) is 1.05. The van der Waals surface area contributed by atoms with Crippen molar-refractivity contribution in [1.82, 2.24) is 20.8 Å². The summed E-state index contributed by atoms with van der Waals surface area (Å²) in [6, 6.07) is 7.04. The van der Waals surface area contributed by atoms with Gasteiger partial charge >= 0.3 is 0 Å². The van der Waals surface area contributed by atoms with Crippen molar-refractivity contribution in [1.29, 1.82) is 0 Å². The summed E-state index contributed by atoms with van der Waals surface area (Å²) in [5, 5.41) is 9.31. The molecule has 7 heteroatoms. The van der Waals surface area contributed by atoms with Crippen LogP contribution in [-0.4, -0.2) is 35.0 Å². The van der Waals surface area contributed by atoms with Crippen molar-refractivity contribution in [3.05, 3.63) is 48.4 Å². The number of nitrogens with one attached hydrogen (secondary N) is 2. The van der Waals surface area contributed by atoms with Crippen LogP contribution < -0.4 is 10.6 Å². The maximum atomic E-state index is 12.2. The summed E-state index contributed by atoms with van der Waals surface area (Å²) in [6.07, 6.45) is 3.37. The Hall–Kier alpha value is -2.96. The molecule has 2 amide bonds. The molecule has 1 heterocycles. The van der Waals surface area contributed by atoms with Gasteiger partial charge in [-0.3, -0.25) is 9.59 Å². The first-order valence-electron chi connectivity index (χ1n) is 7.80. The van der Waals surface area contributed by atoms with Gasteiger partial charge < -0.3 is 15.2 Å². The normalized spacial score (nSPS) is 13.3. The first-order chi connectivity index (χ1) is 11.7. The number of nitrogens with zero attached hydrogens (tertiary/aromatic N) is 2. The maximum absolute atomic E-state index is 12.2. The van der Waals surface area contributed by atoms with Crippen molar-refractivity contribution < 1.29 is 14.1 Å². The smallest absolute Gasteiger partial charge is 0.251 e. The zero-order chi connectivity index (χ0) is 16.9. The molecule has 0 aliphatic heterocycles. The highest BCUT2D eigenvalue weighted by atomic mass is 16.5. The number of hydrogen-bond donors (Lipinski definition) is 2. The summed E-state index contributed by atoms with van der Waals surface area (Å²) >= 11 is 0. The van der Waals surface area contributed by atoms with E-state index in [9.17, 15) is 9.59 Å². The topological polar surface area (TPSA) is 97.1 Å². The van der Waals surface area contributed by atoms with Crippen LogP contribution in [0.2, 0.25) is 0 Å². The monoisotopic (exact) mass is 326 g/mol. The summed E-state index contributed by atoms with van der Waals surface area (Å²) in [4.78, 5) is 27.6. The number of amides is 2. The molecule has 0 spiro atoms. The predicted molar refractivity (Wildman–Crippen MR) is 87.2 cm³/mol. The molecule has 2 aromatic rings. The number of rotatable bonds is 7. The van der Waals surface area contributed by atoms with Crippen molar-refractivity contribution in [3.8, 4) is 11.4 Å². The summed E-state index contributed by atoms with van der Waals surface area (Å²) < 4.78 is 5.25. The van der Waals surface area contributed by atoms with Gasteiger partial charge in [0.05, 0.1) is 0 Å². The Morgan fingerprint density at radius 2 is 2.08 bits per heavy atom. The van der Waals surface area contributed by atoms with Crippen LogP contribution in [0, 0.1) is 0 Å². The minimum Gasteiger partial charge on any atom is -0.351 e. The molecule has 0 bridgehead atoms. The average molecular weight is 326 g/mol. The zero-order valence-corrected chi connectivity index (χ0v) is 13.1. The third-order valence-corrected chi connectivity index (χ3v) is 3.65. The van der Waals surface area contributed by atoms with Crippen LogP contribution in [-0.2, 0) is 4.79 Å². The number of benzene rings is 1. The van der Waals surface area contributed by atoms with Gasteiger partial charge in [-0.1, -0.05) is 23.9 Å². The van der Waals surface area contributed by atoms with Gasteiger partial charge in [-0.15, -0.1) is 0 Å². The Kier molecular flexibility index (Phi) is 4.69. The molecule has 0 atom stereocenters. The molecule has 1 fully saturated rings. The molecule has 1 aromatic carbocycles. The molecule has 1 aliphatic carbocycles. The highest BCUT2D eigenvalue weighted by Crippen LogP contribution is 2.39. The highest BCUT2D eigenvalue weighted by molar-refractivity contribution is 5.95. The first kappa shape index (κ1) is 15.9. The van der Waals surface area contributed by atoms with Crippen LogP contribution in [0.5, 0.6) is 0 Å². The van der Waals surface area contributed by atoms with E-state index in [0.29, 0.717) is 36.3 Å². The van der Waals surface area contributed by atoms with Crippen molar-refractivity contribution in [2.75, 3.05) is 13.1 Å². The Morgan fingerprint density at radius 3 is 2.83 bits per heavy atom. The van der Waals surface area contributed by atoms with Gasteiger partial charge in [-0.25, -0.2) is 0 Å². The molecule has 1 aromatic heterocycles. The van der Waals surface area contributed by atoms with E-state index < -0.39 is 0 Å². The second-order valence-electron chi connectivity index (χ2n) is 5.56. The fraction of sp³-hybridized carbons (Fsp3) is 0.294. The lowest BCUT2D eigenvalue weighted by molar-refractivity contribution is -0.116. The Bertz CT molecular complexity index is 765. The van der Waals surface area contributed by atoms with Crippen molar-refractivity contribution >= 4 is 11.8 Å². The Labute approximate surface area is 139 Å². The fourth-order valence-electron chi connectivity index (χ4n) is 2.18. The fourth-order valence-corrected chi connectivity index (χ4v) is 2.18. The molecular weight excluding hydrogens is 308 g/mol. The third kappa shape index (κ3) is 3.87.